The smallest absolute Gasteiger partial charge is 0.192 e. The average Bonchev–Trinajstić information content (AvgIpc) is 2.36. The summed E-state index contributed by atoms with van der Waals surface area (Å²) >= 11 is 0. The van der Waals surface area contributed by atoms with Crippen molar-refractivity contribution < 1.29 is 14.3 Å². The largest absolute Gasteiger partial charge is 0.412 e. The molecule has 0 saturated heterocycles. The SMILES string of the molecule is CO[C@@H]([C@H](C)O[Si](C)(C)C(C)(C)C)[C@@H](C)/C=C(\C)C[C@@H](C)CO. The second-order valence-electron chi connectivity index (χ2n) is 8.65. The Morgan fingerprint density at radius 2 is 1.70 bits per heavy atom. The Hall–Kier alpha value is -0.163. The van der Waals surface area contributed by atoms with Crippen molar-refractivity contribution in [1.82, 2.24) is 0 Å². The van der Waals surface area contributed by atoms with Crippen LogP contribution in [0, 0.1) is 11.8 Å². The van der Waals surface area contributed by atoms with Gasteiger partial charge in [0.15, 0.2) is 8.32 Å². The van der Waals surface area contributed by atoms with Crippen LogP contribution in [0.5, 0.6) is 0 Å². The predicted octanol–water partition coefficient (Wildman–Crippen LogP) is 5.01. The van der Waals surface area contributed by atoms with E-state index in [1.54, 1.807) is 7.11 Å². The van der Waals surface area contributed by atoms with Gasteiger partial charge in [-0.05, 0) is 44.3 Å². The summed E-state index contributed by atoms with van der Waals surface area (Å²) in [5.41, 5.74) is 1.31. The van der Waals surface area contributed by atoms with Crippen LogP contribution in [0.2, 0.25) is 18.1 Å². The first-order chi connectivity index (χ1) is 10.4. The lowest BCUT2D eigenvalue weighted by Gasteiger charge is -2.41. The van der Waals surface area contributed by atoms with Gasteiger partial charge in [-0.1, -0.05) is 46.3 Å². The molecule has 0 aromatic heterocycles. The summed E-state index contributed by atoms with van der Waals surface area (Å²) in [6, 6.07) is 0. The van der Waals surface area contributed by atoms with E-state index in [4.69, 9.17) is 9.16 Å². The molecule has 3 nitrogen and oxygen atoms in total. The maximum atomic E-state index is 9.20. The lowest BCUT2D eigenvalue weighted by molar-refractivity contribution is -0.0162. The number of aliphatic hydroxyl groups is 1. The van der Waals surface area contributed by atoms with E-state index < -0.39 is 8.32 Å². The van der Waals surface area contributed by atoms with E-state index in [0.29, 0.717) is 5.92 Å². The molecule has 0 rings (SSSR count). The van der Waals surface area contributed by atoms with Gasteiger partial charge in [-0.2, -0.15) is 0 Å². The highest BCUT2D eigenvalue weighted by atomic mass is 28.4. The first-order valence-corrected chi connectivity index (χ1v) is 11.7. The monoisotopic (exact) mass is 344 g/mol. The van der Waals surface area contributed by atoms with E-state index in [1.807, 2.05) is 0 Å². The molecule has 0 bridgehead atoms. The topological polar surface area (TPSA) is 38.7 Å². The van der Waals surface area contributed by atoms with Crippen LogP contribution in [0.3, 0.4) is 0 Å². The number of aliphatic hydroxyl groups excluding tert-OH is 1. The van der Waals surface area contributed by atoms with E-state index in [-0.39, 0.29) is 29.8 Å². The second kappa shape index (κ2) is 9.35. The maximum Gasteiger partial charge on any atom is 0.192 e. The fourth-order valence-corrected chi connectivity index (χ4v) is 4.19. The number of ether oxygens (including phenoxy) is 1. The number of hydrogen-bond acceptors (Lipinski definition) is 3. The van der Waals surface area contributed by atoms with E-state index in [9.17, 15) is 5.11 Å². The minimum Gasteiger partial charge on any atom is -0.412 e. The molecule has 0 saturated carbocycles. The van der Waals surface area contributed by atoms with Crippen LogP contribution >= 0.6 is 0 Å². The zero-order valence-corrected chi connectivity index (χ0v) is 18.1. The second-order valence-corrected chi connectivity index (χ2v) is 13.4. The molecule has 0 aromatic rings. The Morgan fingerprint density at radius 3 is 2.09 bits per heavy atom. The fourth-order valence-electron chi connectivity index (χ4n) is 2.77. The van der Waals surface area contributed by atoms with Crippen LogP contribution in [-0.4, -0.2) is 39.3 Å². The van der Waals surface area contributed by atoms with Gasteiger partial charge in [-0.3, -0.25) is 0 Å². The molecule has 0 aromatic carbocycles. The summed E-state index contributed by atoms with van der Waals surface area (Å²) in [4.78, 5) is 0. The summed E-state index contributed by atoms with van der Waals surface area (Å²) in [7, 11) is -0.0285. The fraction of sp³-hybridized carbons (Fsp3) is 0.895. The molecule has 0 unspecified atom stereocenters. The van der Waals surface area contributed by atoms with Crippen LogP contribution in [0.15, 0.2) is 11.6 Å². The maximum absolute atomic E-state index is 9.20. The molecule has 0 heterocycles. The molecular formula is C19H40O3Si. The zero-order valence-electron chi connectivity index (χ0n) is 17.1. The van der Waals surface area contributed by atoms with Gasteiger partial charge in [0.2, 0.25) is 0 Å². The Bertz CT molecular complexity index is 371. The highest BCUT2D eigenvalue weighted by Gasteiger charge is 2.40. The normalized spacial score (nSPS) is 19.3. The van der Waals surface area contributed by atoms with Crippen molar-refractivity contribution in [2.75, 3.05) is 13.7 Å². The Morgan fingerprint density at radius 1 is 1.17 bits per heavy atom. The van der Waals surface area contributed by atoms with Crippen molar-refractivity contribution in [2.45, 2.75) is 85.2 Å². The molecule has 4 heteroatoms. The van der Waals surface area contributed by atoms with Gasteiger partial charge in [0.25, 0.3) is 0 Å². The van der Waals surface area contributed by atoms with E-state index in [0.717, 1.165) is 6.42 Å². The third-order valence-corrected chi connectivity index (χ3v) is 9.64. The van der Waals surface area contributed by atoms with Gasteiger partial charge in [0, 0.05) is 19.6 Å². The van der Waals surface area contributed by atoms with Crippen molar-refractivity contribution in [3.63, 3.8) is 0 Å². The van der Waals surface area contributed by atoms with Crippen molar-refractivity contribution in [1.29, 1.82) is 0 Å². The molecule has 4 atom stereocenters. The zero-order chi connectivity index (χ0) is 18.4. The third-order valence-electron chi connectivity index (χ3n) is 5.07. The Balaban J connectivity index is 4.96. The standard InChI is InChI=1S/C19H40O3Si/c1-14(11-15(2)13-20)12-16(3)18(21-8)17(4)22-23(9,10)19(5,6)7/h12,15-18,20H,11,13H2,1-10H3/b14-12+/t15-,16+,17+,18-/m1/s1. The summed E-state index contributed by atoms with van der Waals surface area (Å²) < 4.78 is 12.3. The van der Waals surface area contributed by atoms with Gasteiger partial charge >= 0.3 is 0 Å². The molecular weight excluding hydrogens is 304 g/mol. The van der Waals surface area contributed by atoms with Crippen LogP contribution in [0.4, 0.5) is 0 Å². The lowest BCUT2D eigenvalue weighted by Crippen LogP contribution is -2.47. The summed E-state index contributed by atoms with van der Waals surface area (Å²) in [5.74, 6) is 0.589. The summed E-state index contributed by atoms with van der Waals surface area (Å²) in [6.07, 6.45) is 3.30. The molecule has 0 aliphatic rings. The minimum atomic E-state index is -1.80. The van der Waals surface area contributed by atoms with E-state index in [1.165, 1.54) is 5.57 Å². The highest BCUT2D eigenvalue weighted by molar-refractivity contribution is 6.74. The van der Waals surface area contributed by atoms with E-state index in [2.05, 4.69) is 67.6 Å². The van der Waals surface area contributed by atoms with E-state index >= 15 is 0 Å². The van der Waals surface area contributed by atoms with Crippen LogP contribution in [-0.2, 0) is 9.16 Å². The molecule has 1 N–H and O–H groups in total. The van der Waals surface area contributed by atoms with Crippen LogP contribution in [0.25, 0.3) is 0 Å². The van der Waals surface area contributed by atoms with Gasteiger partial charge in [0.1, 0.15) is 0 Å². The van der Waals surface area contributed by atoms with Gasteiger partial charge in [0.05, 0.1) is 12.2 Å². The number of methoxy groups -OCH3 is 1. The predicted molar refractivity (Wildman–Crippen MR) is 102 cm³/mol. The Labute approximate surface area is 145 Å². The molecule has 0 aliphatic heterocycles. The van der Waals surface area contributed by atoms with Crippen molar-refractivity contribution in [3.8, 4) is 0 Å². The van der Waals surface area contributed by atoms with Crippen molar-refractivity contribution in [3.05, 3.63) is 11.6 Å². The van der Waals surface area contributed by atoms with Gasteiger partial charge < -0.3 is 14.3 Å². The number of hydrogen-bond donors (Lipinski definition) is 1. The average molecular weight is 345 g/mol. The number of rotatable bonds is 9. The van der Waals surface area contributed by atoms with Crippen molar-refractivity contribution in [2.24, 2.45) is 11.8 Å². The first kappa shape index (κ1) is 22.8. The third kappa shape index (κ3) is 7.51. The lowest BCUT2D eigenvalue weighted by atomic mass is 9.94. The van der Waals surface area contributed by atoms with Gasteiger partial charge in [-0.25, -0.2) is 0 Å². The Kier molecular flexibility index (Phi) is 9.29. The molecule has 0 fully saturated rings. The number of allylic oxidation sites excluding steroid dienone is 1. The van der Waals surface area contributed by atoms with Crippen molar-refractivity contribution >= 4 is 8.32 Å². The molecule has 0 spiro atoms. The van der Waals surface area contributed by atoms with Crippen LogP contribution < -0.4 is 0 Å². The molecule has 0 radical (unpaired) electrons. The van der Waals surface area contributed by atoms with Gasteiger partial charge in [-0.15, -0.1) is 0 Å². The molecule has 138 valence electrons. The quantitative estimate of drug-likeness (QED) is 0.472. The minimum absolute atomic E-state index is 0.0449. The molecule has 0 aliphatic carbocycles. The summed E-state index contributed by atoms with van der Waals surface area (Å²) in [5, 5.41) is 9.40. The summed E-state index contributed by atoms with van der Waals surface area (Å²) in [6.45, 7) is 20.1. The first-order valence-electron chi connectivity index (χ1n) is 8.84. The van der Waals surface area contributed by atoms with Crippen LogP contribution in [0.1, 0.15) is 54.9 Å². The highest BCUT2D eigenvalue weighted by Crippen LogP contribution is 2.38. The molecule has 0 amide bonds. The molecule has 23 heavy (non-hydrogen) atoms.